The van der Waals surface area contributed by atoms with Gasteiger partial charge in [-0.3, -0.25) is 4.79 Å². The normalized spacial score (nSPS) is 14.8. The second-order valence-electron chi connectivity index (χ2n) is 8.40. The molecular weight excluding hydrogens is 503 g/mol. The molecule has 1 atom stereocenters. The van der Waals surface area contributed by atoms with E-state index in [1.165, 1.54) is 11.0 Å². The molecule has 0 fully saturated rings. The summed E-state index contributed by atoms with van der Waals surface area (Å²) in [7, 11) is 0. The van der Waals surface area contributed by atoms with E-state index < -0.39 is 0 Å². The second kappa shape index (κ2) is 8.98. The van der Waals surface area contributed by atoms with Crippen LogP contribution in [-0.4, -0.2) is 44.8 Å². The molecule has 36 heavy (non-hydrogen) atoms. The molecule has 5 aromatic rings. The van der Waals surface area contributed by atoms with E-state index in [2.05, 4.69) is 30.5 Å². The first-order chi connectivity index (χ1) is 17.5. The summed E-state index contributed by atoms with van der Waals surface area (Å²) in [4.78, 5) is 25.4. The smallest absolute Gasteiger partial charge is 0.252 e. The number of halogens is 2. The average molecular weight is 521 g/mol. The average Bonchev–Trinajstić information content (AvgIpc) is 3.64. The molecule has 5 heterocycles. The molecule has 1 aliphatic heterocycles. The molecule has 0 radical (unpaired) electrons. The summed E-state index contributed by atoms with van der Waals surface area (Å²) >= 11 is 12.6. The zero-order valence-electron chi connectivity index (χ0n) is 18.6. The number of aromatic amines is 1. The van der Waals surface area contributed by atoms with Crippen molar-refractivity contribution in [3.8, 4) is 28.1 Å². The quantitative estimate of drug-likeness (QED) is 0.338. The number of aromatic nitrogens is 8. The number of benzene rings is 1. The number of nitrogens with one attached hydrogen (secondary N) is 1. The number of aryl methyl sites for hydroxylation is 1. The van der Waals surface area contributed by atoms with E-state index in [1.807, 2.05) is 12.1 Å². The van der Waals surface area contributed by atoms with Crippen molar-refractivity contribution in [1.82, 2.24) is 39.7 Å². The van der Waals surface area contributed by atoms with Gasteiger partial charge in [-0.1, -0.05) is 23.2 Å². The minimum absolute atomic E-state index is 0.141. The van der Waals surface area contributed by atoms with Gasteiger partial charge in [0.2, 0.25) is 0 Å². The Balaban J connectivity index is 1.37. The molecule has 6 rings (SSSR count). The number of tetrazole rings is 1. The summed E-state index contributed by atoms with van der Waals surface area (Å²) in [5, 5.41) is 21.5. The van der Waals surface area contributed by atoms with Gasteiger partial charge in [-0.15, -0.1) is 5.10 Å². The Morgan fingerprint density at radius 3 is 2.78 bits per heavy atom. The maximum absolute atomic E-state index is 13.4. The Kier molecular flexibility index (Phi) is 5.63. The largest absolute Gasteiger partial charge is 0.390 e. The fourth-order valence-corrected chi connectivity index (χ4v) is 5.07. The fourth-order valence-electron chi connectivity index (χ4n) is 4.62. The molecule has 2 N–H and O–H groups in total. The standard InChI is InChI=1S/C24H18Cl2N8O2/c25-14-1-5-20(33-12-28-31-32-33)18(9-14)13-7-16-3-6-21(34(16)22(36)8-13)24-27-10-19(30-24)17-4-2-15(11-35)29-23(17)26/h1-2,4-5,7-10,12,21,35H,3,6,11H2,(H,27,30)/t21-/m0/s1. The monoisotopic (exact) mass is 520 g/mol. The summed E-state index contributed by atoms with van der Waals surface area (Å²) in [6, 6.07) is 12.2. The molecule has 180 valence electrons. The third-order valence-electron chi connectivity index (χ3n) is 6.27. The number of pyridine rings is 2. The fraction of sp³-hybridized carbons (Fsp3) is 0.167. The van der Waals surface area contributed by atoms with Crippen LogP contribution in [-0.2, 0) is 13.0 Å². The lowest BCUT2D eigenvalue weighted by Gasteiger charge is -2.15. The highest BCUT2D eigenvalue weighted by Crippen LogP contribution is 2.35. The number of fused-ring (bicyclic) bond motifs is 1. The first-order valence-electron chi connectivity index (χ1n) is 11.1. The molecule has 0 amide bonds. The van der Waals surface area contributed by atoms with Crippen LogP contribution >= 0.6 is 23.2 Å². The van der Waals surface area contributed by atoms with E-state index in [9.17, 15) is 9.90 Å². The van der Waals surface area contributed by atoms with Crippen molar-refractivity contribution in [2.45, 2.75) is 25.5 Å². The van der Waals surface area contributed by atoms with Crippen LogP contribution in [0.5, 0.6) is 0 Å². The molecule has 0 bridgehead atoms. The lowest BCUT2D eigenvalue weighted by atomic mass is 10.0. The Labute approximate surface area is 214 Å². The van der Waals surface area contributed by atoms with Crippen LogP contribution in [0.25, 0.3) is 28.1 Å². The zero-order chi connectivity index (χ0) is 24.8. The Bertz CT molecular complexity index is 1640. The van der Waals surface area contributed by atoms with Gasteiger partial charge in [0.05, 0.1) is 35.9 Å². The number of imidazole rings is 1. The van der Waals surface area contributed by atoms with Crippen LogP contribution in [0, 0.1) is 0 Å². The highest BCUT2D eigenvalue weighted by molar-refractivity contribution is 6.32. The van der Waals surface area contributed by atoms with Gasteiger partial charge in [0.25, 0.3) is 5.56 Å². The second-order valence-corrected chi connectivity index (χ2v) is 9.19. The van der Waals surface area contributed by atoms with Gasteiger partial charge in [0.1, 0.15) is 17.3 Å². The molecule has 0 spiro atoms. The van der Waals surface area contributed by atoms with E-state index in [4.69, 9.17) is 23.2 Å². The van der Waals surface area contributed by atoms with Gasteiger partial charge < -0.3 is 14.7 Å². The number of rotatable bonds is 5. The Hall–Kier alpha value is -3.86. The van der Waals surface area contributed by atoms with Gasteiger partial charge in [0.15, 0.2) is 0 Å². The highest BCUT2D eigenvalue weighted by atomic mass is 35.5. The Morgan fingerprint density at radius 1 is 1.11 bits per heavy atom. The number of hydrogen-bond acceptors (Lipinski definition) is 7. The first-order valence-corrected chi connectivity index (χ1v) is 11.9. The van der Waals surface area contributed by atoms with E-state index in [1.54, 1.807) is 41.1 Å². The zero-order valence-corrected chi connectivity index (χ0v) is 20.1. The van der Waals surface area contributed by atoms with Crippen molar-refractivity contribution in [2.24, 2.45) is 0 Å². The molecule has 1 aromatic carbocycles. The van der Waals surface area contributed by atoms with Crippen molar-refractivity contribution >= 4 is 23.2 Å². The number of aliphatic hydroxyl groups is 1. The summed E-state index contributed by atoms with van der Waals surface area (Å²) < 4.78 is 3.30. The van der Waals surface area contributed by atoms with Gasteiger partial charge in [0, 0.05) is 27.9 Å². The van der Waals surface area contributed by atoms with Crippen molar-refractivity contribution in [3.05, 3.63) is 92.7 Å². The SMILES string of the molecule is O=c1cc(-c2cc(Cl)ccc2-n2cnnn2)cc2n1[C@H](c1ncc(-c3ccc(CO)nc3Cl)[nH]1)CC2. The highest BCUT2D eigenvalue weighted by Gasteiger charge is 2.28. The lowest BCUT2D eigenvalue weighted by molar-refractivity contribution is 0.277. The third kappa shape index (κ3) is 3.89. The minimum atomic E-state index is -0.239. The maximum Gasteiger partial charge on any atom is 0.252 e. The van der Waals surface area contributed by atoms with Gasteiger partial charge in [-0.2, -0.15) is 4.68 Å². The van der Waals surface area contributed by atoms with Crippen molar-refractivity contribution in [2.75, 3.05) is 0 Å². The van der Waals surface area contributed by atoms with E-state index >= 15 is 0 Å². The lowest BCUT2D eigenvalue weighted by Crippen LogP contribution is -2.23. The summed E-state index contributed by atoms with van der Waals surface area (Å²) in [6.45, 7) is -0.190. The van der Waals surface area contributed by atoms with Gasteiger partial charge >= 0.3 is 0 Å². The summed E-state index contributed by atoms with van der Waals surface area (Å²) in [5.41, 5.74) is 4.82. The number of hydrogen-bond donors (Lipinski definition) is 2. The molecule has 12 heteroatoms. The number of aliphatic hydroxyl groups excluding tert-OH is 1. The molecule has 1 aliphatic rings. The molecular formula is C24H18Cl2N8O2. The van der Waals surface area contributed by atoms with E-state index in [0.29, 0.717) is 34.2 Å². The topological polar surface area (TPSA) is 127 Å². The molecule has 0 aliphatic carbocycles. The number of H-pyrrole nitrogens is 1. The van der Waals surface area contributed by atoms with Crippen LogP contribution in [0.1, 0.15) is 29.7 Å². The van der Waals surface area contributed by atoms with Crippen molar-refractivity contribution in [1.29, 1.82) is 0 Å². The van der Waals surface area contributed by atoms with E-state index in [-0.39, 0.29) is 23.4 Å². The first kappa shape index (κ1) is 22.6. The van der Waals surface area contributed by atoms with Crippen molar-refractivity contribution < 1.29 is 5.11 Å². The van der Waals surface area contributed by atoms with Crippen LogP contribution in [0.15, 0.2) is 59.8 Å². The molecule has 0 unspecified atom stereocenters. The van der Waals surface area contributed by atoms with Gasteiger partial charge in [-0.05, 0) is 65.2 Å². The molecule has 4 aromatic heterocycles. The third-order valence-corrected chi connectivity index (χ3v) is 6.79. The van der Waals surface area contributed by atoms with Crippen LogP contribution < -0.4 is 5.56 Å². The maximum atomic E-state index is 13.4. The van der Waals surface area contributed by atoms with Crippen LogP contribution in [0.2, 0.25) is 10.2 Å². The summed E-state index contributed by atoms with van der Waals surface area (Å²) in [6.07, 6.45) is 4.60. The Morgan fingerprint density at radius 2 is 2.00 bits per heavy atom. The van der Waals surface area contributed by atoms with Gasteiger partial charge in [-0.25, -0.2) is 9.97 Å². The number of nitrogens with zero attached hydrogens (tertiary/aromatic N) is 7. The molecule has 0 saturated heterocycles. The predicted octanol–water partition coefficient (Wildman–Crippen LogP) is 3.61. The minimum Gasteiger partial charge on any atom is -0.390 e. The van der Waals surface area contributed by atoms with E-state index in [0.717, 1.165) is 28.9 Å². The van der Waals surface area contributed by atoms with Crippen LogP contribution in [0.4, 0.5) is 0 Å². The van der Waals surface area contributed by atoms with Crippen molar-refractivity contribution in [3.63, 3.8) is 0 Å². The molecule has 10 nitrogen and oxygen atoms in total. The summed E-state index contributed by atoms with van der Waals surface area (Å²) in [5.74, 6) is 0.665. The predicted molar refractivity (Wildman–Crippen MR) is 133 cm³/mol. The van der Waals surface area contributed by atoms with Crippen LogP contribution in [0.3, 0.4) is 0 Å². The molecule has 0 saturated carbocycles.